The Morgan fingerprint density at radius 2 is 1.97 bits per heavy atom. The summed E-state index contributed by atoms with van der Waals surface area (Å²) in [7, 11) is -1.48. The second-order valence-corrected chi connectivity index (χ2v) is 12.2. The fourth-order valence-corrected chi connectivity index (χ4v) is 6.97. The van der Waals surface area contributed by atoms with Crippen LogP contribution >= 0.6 is 0 Å². The van der Waals surface area contributed by atoms with E-state index in [0.717, 1.165) is 42.2 Å². The zero-order chi connectivity index (χ0) is 23.5. The number of nitrogens with zero attached hydrogens (tertiary/aromatic N) is 1. The molecular weight excluding hydrogens is 446 g/mol. The molecule has 1 amide bonds. The summed E-state index contributed by atoms with van der Waals surface area (Å²) in [5.41, 5.74) is 2.31. The molecule has 178 valence electrons. The van der Waals surface area contributed by atoms with E-state index >= 15 is 0 Å². The third-order valence-corrected chi connectivity index (χ3v) is 8.88. The van der Waals surface area contributed by atoms with Crippen LogP contribution in [-0.4, -0.2) is 56.0 Å². The number of likely N-dealkylation sites (N-methyl/N-ethyl adjacent to an activating group) is 1. The summed E-state index contributed by atoms with van der Waals surface area (Å²) in [4.78, 5) is 26.9. The van der Waals surface area contributed by atoms with Gasteiger partial charge in [-0.3, -0.25) is 4.79 Å². The van der Waals surface area contributed by atoms with Crippen LogP contribution in [-0.2, 0) is 33.9 Å². The number of benzene rings is 1. The van der Waals surface area contributed by atoms with Crippen LogP contribution < -0.4 is 15.1 Å². The van der Waals surface area contributed by atoms with E-state index in [0.29, 0.717) is 35.5 Å². The molecule has 0 N–H and O–H groups in total. The number of aryl methyl sites for hydroxylation is 2. The first kappa shape index (κ1) is 22.3. The molecule has 1 atom stereocenters. The van der Waals surface area contributed by atoms with E-state index < -0.39 is 9.84 Å². The first-order chi connectivity index (χ1) is 15.5. The molecular formula is C24H29NO7S. The fraction of sp³-hybridized carbons (Fsp3) is 0.583. The van der Waals surface area contributed by atoms with E-state index in [9.17, 15) is 18.0 Å². The Bertz CT molecular complexity index is 1310. The first-order valence-corrected chi connectivity index (χ1v) is 13.3. The molecule has 33 heavy (non-hydrogen) atoms. The van der Waals surface area contributed by atoms with E-state index in [1.165, 1.54) is 4.90 Å². The van der Waals surface area contributed by atoms with Crippen molar-refractivity contribution in [2.45, 2.75) is 64.0 Å². The normalized spacial score (nSPS) is 22.5. The average Bonchev–Trinajstić information content (AvgIpc) is 3.37. The van der Waals surface area contributed by atoms with Crippen molar-refractivity contribution in [1.82, 2.24) is 4.90 Å². The van der Waals surface area contributed by atoms with Crippen molar-refractivity contribution in [2.24, 2.45) is 0 Å². The Morgan fingerprint density at radius 3 is 2.70 bits per heavy atom. The number of amides is 1. The maximum atomic E-state index is 12.8. The summed E-state index contributed by atoms with van der Waals surface area (Å²) >= 11 is 0. The van der Waals surface area contributed by atoms with Crippen molar-refractivity contribution in [3.63, 3.8) is 0 Å². The molecule has 0 spiro atoms. The van der Waals surface area contributed by atoms with E-state index in [-0.39, 0.29) is 41.3 Å². The standard InChI is InChI=1S/C24H29NO7S/c1-24(2)9-7-17-18(32-24)11-19(21-15-5-4-6-16(15)23(27)31-22(17)21)30-12-20(26)25(3)14-8-10-33(28,29)13-14/h11,14H,4-10,12-13H2,1-3H3. The molecule has 1 unspecified atom stereocenters. The monoisotopic (exact) mass is 475 g/mol. The van der Waals surface area contributed by atoms with Crippen LogP contribution in [0.25, 0.3) is 11.0 Å². The molecule has 2 aliphatic heterocycles. The first-order valence-electron chi connectivity index (χ1n) is 11.5. The SMILES string of the molecule is CN(C(=O)COc1cc2c(c3oc(=O)c4c(c13)CCC4)CCC(C)(C)O2)C1CCS(=O)(=O)C1. The highest BCUT2D eigenvalue weighted by Crippen LogP contribution is 2.44. The summed E-state index contributed by atoms with van der Waals surface area (Å²) in [6.45, 7) is 3.78. The fourth-order valence-electron chi connectivity index (χ4n) is 5.19. The van der Waals surface area contributed by atoms with Gasteiger partial charge in [-0.1, -0.05) is 0 Å². The molecule has 0 saturated carbocycles. The van der Waals surface area contributed by atoms with E-state index in [4.69, 9.17) is 13.9 Å². The quantitative estimate of drug-likeness (QED) is 0.626. The van der Waals surface area contributed by atoms with Crippen LogP contribution in [0.3, 0.4) is 0 Å². The smallest absolute Gasteiger partial charge is 0.339 e. The van der Waals surface area contributed by atoms with Gasteiger partial charge in [-0.25, -0.2) is 13.2 Å². The van der Waals surface area contributed by atoms with Gasteiger partial charge in [-0.05, 0) is 57.9 Å². The number of ether oxygens (including phenoxy) is 2. The topological polar surface area (TPSA) is 103 Å². The number of hydrogen-bond donors (Lipinski definition) is 0. The number of carbonyl (C=O) groups is 1. The Hall–Kier alpha value is -2.55. The van der Waals surface area contributed by atoms with Crippen molar-refractivity contribution in [1.29, 1.82) is 0 Å². The minimum atomic E-state index is -3.10. The average molecular weight is 476 g/mol. The van der Waals surface area contributed by atoms with E-state index in [1.54, 1.807) is 7.05 Å². The third kappa shape index (κ3) is 4.00. The molecule has 3 heterocycles. The highest BCUT2D eigenvalue weighted by Gasteiger charge is 2.34. The highest BCUT2D eigenvalue weighted by atomic mass is 32.2. The van der Waals surface area contributed by atoms with Crippen LogP contribution in [0.1, 0.15) is 49.8 Å². The van der Waals surface area contributed by atoms with Gasteiger partial charge in [0.2, 0.25) is 0 Å². The summed E-state index contributed by atoms with van der Waals surface area (Å²) in [5, 5.41) is 0.753. The number of hydrogen-bond acceptors (Lipinski definition) is 7. The maximum absolute atomic E-state index is 12.8. The lowest BCUT2D eigenvalue weighted by Crippen LogP contribution is -2.40. The van der Waals surface area contributed by atoms with Gasteiger partial charge in [-0.15, -0.1) is 0 Å². The predicted octanol–water partition coefficient (Wildman–Crippen LogP) is 2.41. The molecule has 9 heteroatoms. The number of carbonyl (C=O) groups excluding carboxylic acids is 1. The summed E-state index contributed by atoms with van der Waals surface area (Å²) in [5.74, 6) is 0.864. The molecule has 8 nitrogen and oxygen atoms in total. The zero-order valence-corrected chi connectivity index (χ0v) is 20.0. The van der Waals surface area contributed by atoms with E-state index in [2.05, 4.69) is 0 Å². The summed E-state index contributed by atoms with van der Waals surface area (Å²) in [6, 6.07) is 1.47. The molecule has 5 rings (SSSR count). The molecule has 1 aliphatic carbocycles. The molecule has 1 fully saturated rings. The van der Waals surface area contributed by atoms with Crippen LogP contribution in [0.5, 0.6) is 11.5 Å². The van der Waals surface area contributed by atoms with Gasteiger partial charge in [-0.2, -0.15) is 0 Å². The van der Waals surface area contributed by atoms with Crippen molar-refractivity contribution in [2.75, 3.05) is 25.2 Å². The van der Waals surface area contributed by atoms with Crippen LogP contribution in [0.4, 0.5) is 0 Å². The van der Waals surface area contributed by atoms with Crippen LogP contribution in [0.2, 0.25) is 0 Å². The van der Waals surface area contributed by atoms with Crippen LogP contribution in [0, 0.1) is 0 Å². The van der Waals surface area contributed by atoms with E-state index in [1.807, 2.05) is 19.9 Å². The zero-order valence-electron chi connectivity index (χ0n) is 19.2. The largest absolute Gasteiger partial charge is 0.487 e. The number of fused-ring (bicyclic) bond motifs is 5. The van der Waals surface area contributed by atoms with Gasteiger partial charge in [0.05, 0.1) is 16.9 Å². The minimum absolute atomic E-state index is 0.0153. The summed E-state index contributed by atoms with van der Waals surface area (Å²) in [6.07, 6.45) is 4.26. The van der Waals surface area contributed by atoms with Gasteiger partial charge in [0, 0.05) is 30.3 Å². The van der Waals surface area contributed by atoms with Gasteiger partial charge >= 0.3 is 5.63 Å². The second-order valence-electron chi connectivity index (χ2n) is 9.97. The second kappa shape index (κ2) is 7.75. The molecule has 3 aliphatic rings. The van der Waals surface area contributed by atoms with Crippen molar-refractivity contribution >= 4 is 26.7 Å². The van der Waals surface area contributed by atoms with Gasteiger partial charge in [0.15, 0.2) is 16.4 Å². The molecule has 1 saturated heterocycles. The lowest BCUT2D eigenvalue weighted by Gasteiger charge is -2.33. The number of rotatable bonds is 4. The Labute approximate surface area is 192 Å². The minimum Gasteiger partial charge on any atom is -0.487 e. The molecule has 0 radical (unpaired) electrons. The Kier molecular flexibility index (Phi) is 5.23. The van der Waals surface area contributed by atoms with Crippen molar-refractivity contribution < 1.29 is 27.1 Å². The molecule has 0 bridgehead atoms. The Morgan fingerprint density at radius 1 is 1.21 bits per heavy atom. The molecule has 1 aromatic heterocycles. The van der Waals surface area contributed by atoms with Crippen LogP contribution in [0.15, 0.2) is 15.3 Å². The predicted molar refractivity (Wildman–Crippen MR) is 123 cm³/mol. The van der Waals surface area contributed by atoms with Gasteiger partial charge < -0.3 is 18.8 Å². The van der Waals surface area contributed by atoms with Crippen molar-refractivity contribution in [3.05, 3.63) is 33.2 Å². The lowest BCUT2D eigenvalue weighted by atomic mass is 9.91. The molecule has 2 aromatic rings. The third-order valence-electron chi connectivity index (χ3n) is 7.13. The molecule has 1 aromatic carbocycles. The summed E-state index contributed by atoms with van der Waals surface area (Å²) < 4.78 is 41.6. The van der Waals surface area contributed by atoms with Crippen molar-refractivity contribution in [3.8, 4) is 11.5 Å². The lowest BCUT2D eigenvalue weighted by molar-refractivity contribution is -0.133. The van der Waals surface area contributed by atoms with Gasteiger partial charge in [0.25, 0.3) is 5.91 Å². The highest BCUT2D eigenvalue weighted by molar-refractivity contribution is 7.91. The Balaban J connectivity index is 1.50. The maximum Gasteiger partial charge on any atom is 0.339 e. The number of sulfone groups is 1. The van der Waals surface area contributed by atoms with Gasteiger partial charge in [0.1, 0.15) is 22.7 Å².